The van der Waals surface area contributed by atoms with Crippen LogP contribution in [0.5, 0.6) is 0 Å². The van der Waals surface area contributed by atoms with Crippen molar-refractivity contribution in [1.82, 2.24) is 0 Å². The zero-order chi connectivity index (χ0) is 8.48. The van der Waals surface area contributed by atoms with Gasteiger partial charge in [-0.2, -0.15) is 0 Å². The van der Waals surface area contributed by atoms with Crippen molar-refractivity contribution in [2.75, 3.05) is 0 Å². The summed E-state index contributed by atoms with van der Waals surface area (Å²) in [4.78, 5) is 0. The van der Waals surface area contributed by atoms with E-state index in [2.05, 4.69) is 20.8 Å². The summed E-state index contributed by atoms with van der Waals surface area (Å²) in [6.45, 7) is 6.85. The molecule has 1 nitrogen and oxygen atoms in total. The first-order chi connectivity index (χ1) is 5.05. The Bertz CT molecular complexity index is 177. The van der Waals surface area contributed by atoms with E-state index in [0.717, 1.165) is 18.5 Å². The van der Waals surface area contributed by atoms with Gasteiger partial charge in [-0.1, -0.05) is 26.3 Å². The van der Waals surface area contributed by atoms with Crippen LogP contribution >= 0.6 is 0 Å². The van der Waals surface area contributed by atoms with Crippen molar-refractivity contribution < 1.29 is 0 Å². The van der Waals surface area contributed by atoms with Crippen molar-refractivity contribution in [3.8, 4) is 0 Å². The molecule has 0 spiro atoms. The Kier molecular flexibility index (Phi) is 2.26. The molecule has 0 aromatic rings. The van der Waals surface area contributed by atoms with Crippen LogP contribution in [0, 0.1) is 5.41 Å². The van der Waals surface area contributed by atoms with Gasteiger partial charge in [0.25, 0.3) is 0 Å². The molecule has 0 aromatic carbocycles. The molecule has 2 N–H and O–H groups in total. The minimum Gasteiger partial charge on any atom is -0.402 e. The first-order valence-corrected chi connectivity index (χ1v) is 4.51. The maximum absolute atomic E-state index is 5.89. The summed E-state index contributed by atoms with van der Waals surface area (Å²) < 4.78 is 0. The summed E-state index contributed by atoms with van der Waals surface area (Å²) in [5, 5.41) is 0. The highest BCUT2D eigenvalue weighted by Crippen LogP contribution is 2.37. The van der Waals surface area contributed by atoms with Gasteiger partial charge in [-0.3, -0.25) is 0 Å². The molecule has 0 saturated heterocycles. The Morgan fingerprint density at radius 3 is 2.55 bits per heavy atom. The molecule has 0 atom stereocenters. The van der Waals surface area contributed by atoms with E-state index < -0.39 is 0 Å². The summed E-state index contributed by atoms with van der Waals surface area (Å²) in [6, 6.07) is 0. The number of hydrogen-bond acceptors (Lipinski definition) is 1. The molecule has 11 heavy (non-hydrogen) atoms. The summed E-state index contributed by atoms with van der Waals surface area (Å²) in [6.07, 6.45) is 4.70. The van der Waals surface area contributed by atoms with E-state index in [1.165, 1.54) is 18.4 Å². The lowest BCUT2D eigenvalue weighted by molar-refractivity contribution is 0.309. The summed E-state index contributed by atoms with van der Waals surface area (Å²) in [5.41, 5.74) is 9.03. The summed E-state index contributed by atoms with van der Waals surface area (Å²) >= 11 is 0. The second-order valence-corrected chi connectivity index (χ2v) is 4.32. The molecule has 0 aromatic heterocycles. The van der Waals surface area contributed by atoms with Crippen LogP contribution in [0.15, 0.2) is 11.3 Å². The molecule has 1 heteroatoms. The van der Waals surface area contributed by atoms with E-state index >= 15 is 0 Å². The fraction of sp³-hybridized carbons (Fsp3) is 0.800. The zero-order valence-electron chi connectivity index (χ0n) is 7.91. The molecule has 0 bridgehead atoms. The van der Waals surface area contributed by atoms with E-state index in [4.69, 9.17) is 5.73 Å². The second kappa shape index (κ2) is 2.88. The van der Waals surface area contributed by atoms with Gasteiger partial charge >= 0.3 is 0 Å². The molecular weight excluding hydrogens is 134 g/mol. The van der Waals surface area contributed by atoms with Gasteiger partial charge in [-0.05, 0) is 31.1 Å². The minimum atomic E-state index is 0.494. The van der Waals surface area contributed by atoms with E-state index in [0.29, 0.717) is 5.41 Å². The van der Waals surface area contributed by atoms with E-state index in [1.807, 2.05) is 0 Å². The lowest BCUT2D eigenvalue weighted by Crippen LogP contribution is -2.21. The molecule has 1 rings (SSSR count). The smallest absolute Gasteiger partial charge is 0.00726 e. The third-order valence-electron chi connectivity index (χ3n) is 2.64. The maximum Gasteiger partial charge on any atom is 0.00726 e. The SMILES string of the molecule is CCC1=C(N)CCC(C)(C)C1. The molecule has 1 aliphatic carbocycles. The van der Waals surface area contributed by atoms with Crippen molar-refractivity contribution in [3.63, 3.8) is 0 Å². The van der Waals surface area contributed by atoms with Crippen LogP contribution in [-0.4, -0.2) is 0 Å². The molecule has 64 valence electrons. The average Bonchev–Trinajstić information content (AvgIpc) is 1.94. The maximum atomic E-state index is 5.89. The zero-order valence-corrected chi connectivity index (χ0v) is 7.91. The first kappa shape index (κ1) is 8.63. The summed E-state index contributed by atoms with van der Waals surface area (Å²) in [7, 11) is 0. The third kappa shape index (κ3) is 1.98. The van der Waals surface area contributed by atoms with Crippen molar-refractivity contribution >= 4 is 0 Å². The topological polar surface area (TPSA) is 26.0 Å². The fourth-order valence-corrected chi connectivity index (χ4v) is 1.78. The predicted molar refractivity (Wildman–Crippen MR) is 49.1 cm³/mol. The molecule has 1 aliphatic rings. The van der Waals surface area contributed by atoms with Gasteiger partial charge in [0.2, 0.25) is 0 Å². The van der Waals surface area contributed by atoms with E-state index in [-0.39, 0.29) is 0 Å². The highest BCUT2D eigenvalue weighted by molar-refractivity contribution is 5.16. The van der Waals surface area contributed by atoms with Crippen LogP contribution in [0.3, 0.4) is 0 Å². The Morgan fingerprint density at radius 1 is 1.45 bits per heavy atom. The van der Waals surface area contributed by atoms with Gasteiger partial charge in [0.05, 0.1) is 0 Å². The van der Waals surface area contributed by atoms with Crippen LogP contribution in [0.25, 0.3) is 0 Å². The first-order valence-electron chi connectivity index (χ1n) is 4.51. The predicted octanol–water partition coefficient (Wildman–Crippen LogP) is 2.82. The molecule has 0 amide bonds. The lowest BCUT2D eigenvalue weighted by Gasteiger charge is -2.31. The summed E-state index contributed by atoms with van der Waals surface area (Å²) in [5.74, 6) is 0. The van der Waals surface area contributed by atoms with E-state index in [1.54, 1.807) is 0 Å². The van der Waals surface area contributed by atoms with Crippen LogP contribution in [0.2, 0.25) is 0 Å². The van der Waals surface area contributed by atoms with Gasteiger partial charge in [0.15, 0.2) is 0 Å². The number of allylic oxidation sites excluding steroid dienone is 2. The molecule has 0 radical (unpaired) electrons. The van der Waals surface area contributed by atoms with Gasteiger partial charge in [-0.25, -0.2) is 0 Å². The highest BCUT2D eigenvalue weighted by atomic mass is 14.6. The van der Waals surface area contributed by atoms with E-state index in [9.17, 15) is 0 Å². The molecule has 0 unspecified atom stereocenters. The molecule has 0 fully saturated rings. The van der Waals surface area contributed by atoms with Crippen molar-refractivity contribution in [2.24, 2.45) is 11.1 Å². The monoisotopic (exact) mass is 153 g/mol. The van der Waals surface area contributed by atoms with Crippen LogP contribution in [-0.2, 0) is 0 Å². The van der Waals surface area contributed by atoms with Gasteiger partial charge in [-0.15, -0.1) is 0 Å². The Morgan fingerprint density at radius 2 is 2.09 bits per heavy atom. The third-order valence-corrected chi connectivity index (χ3v) is 2.64. The molecular formula is C10H19N. The number of rotatable bonds is 1. The Balaban J connectivity index is 2.73. The van der Waals surface area contributed by atoms with Crippen molar-refractivity contribution in [2.45, 2.75) is 46.5 Å². The largest absolute Gasteiger partial charge is 0.402 e. The van der Waals surface area contributed by atoms with Gasteiger partial charge in [0.1, 0.15) is 0 Å². The van der Waals surface area contributed by atoms with Crippen molar-refractivity contribution in [1.29, 1.82) is 0 Å². The molecule has 0 aliphatic heterocycles. The van der Waals surface area contributed by atoms with Crippen LogP contribution < -0.4 is 5.73 Å². The standard InChI is InChI=1S/C10H19N/c1-4-8-7-10(2,3)6-5-9(8)11/h4-7,11H2,1-3H3. The minimum absolute atomic E-state index is 0.494. The Hall–Kier alpha value is -0.460. The van der Waals surface area contributed by atoms with Crippen molar-refractivity contribution in [3.05, 3.63) is 11.3 Å². The molecule has 0 saturated carbocycles. The van der Waals surface area contributed by atoms with Gasteiger partial charge in [0, 0.05) is 5.70 Å². The Labute approximate surface area is 69.7 Å². The number of nitrogens with two attached hydrogens (primary N) is 1. The average molecular weight is 153 g/mol. The quantitative estimate of drug-likeness (QED) is 0.616. The lowest BCUT2D eigenvalue weighted by atomic mass is 9.75. The van der Waals surface area contributed by atoms with Crippen LogP contribution in [0.4, 0.5) is 0 Å². The second-order valence-electron chi connectivity index (χ2n) is 4.32. The fourth-order valence-electron chi connectivity index (χ4n) is 1.78. The normalized spacial score (nSPS) is 23.9. The molecule has 0 heterocycles. The van der Waals surface area contributed by atoms with Gasteiger partial charge < -0.3 is 5.73 Å². The highest BCUT2D eigenvalue weighted by Gasteiger charge is 2.24. The number of hydrogen-bond donors (Lipinski definition) is 1. The van der Waals surface area contributed by atoms with Crippen LogP contribution in [0.1, 0.15) is 46.5 Å².